The molecule has 1 rings (SSSR count). The Balaban J connectivity index is 2.94. The number of hydrogen-bond donors (Lipinski definition) is 2. The Labute approximate surface area is 119 Å². The number of nitrogens with zero attached hydrogens (tertiary/aromatic N) is 1. The fourth-order valence-corrected chi connectivity index (χ4v) is 3.17. The summed E-state index contributed by atoms with van der Waals surface area (Å²) in [7, 11) is 0. The number of imide groups is 1. The van der Waals surface area contributed by atoms with Crippen LogP contribution in [-0.4, -0.2) is 52.1 Å². The number of aliphatic hydroxyl groups is 1. The van der Waals surface area contributed by atoms with Crippen molar-refractivity contribution < 1.29 is 14.7 Å². The van der Waals surface area contributed by atoms with Crippen molar-refractivity contribution in [3.8, 4) is 0 Å². The highest BCUT2D eigenvalue weighted by Gasteiger charge is 2.55. The molecule has 0 radical (unpaired) electrons. The Bertz CT molecular complexity index is 350. The van der Waals surface area contributed by atoms with Crippen molar-refractivity contribution >= 4 is 23.7 Å². The highest BCUT2D eigenvalue weighted by molar-refractivity contribution is 7.98. The zero-order valence-corrected chi connectivity index (χ0v) is 13.1. The number of carbonyl (C=O) groups is 2. The monoisotopic (exact) mass is 288 g/mol. The number of nitrogens with one attached hydrogen (secondary N) is 1. The van der Waals surface area contributed by atoms with Crippen LogP contribution in [0.5, 0.6) is 0 Å². The van der Waals surface area contributed by atoms with Gasteiger partial charge in [-0.1, -0.05) is 27.7 Å². The summed E-state index contributed by atoms with van der Waals surface area (Å²) in [6, 6.07) is -0.396. The summed E-state index contributed by atoms with van der Waals surface area (Å²) in [4.78, 5) is 25.8. The summed E-state index contributed by atoms with van der Waals surface area (Å²) in [5.74, 6) is 0.300. The first-order chi connectivity index (χ1) is 8.77. The standard InChI is InChI=1S/C13H24N2O3S/c1-8(2)13(9(3)4)11(17)15(12(18)14-13)6-10(16)7-19-5/h8-10,16H,6-7H2,1-5H3,(H,14,18)/t10-/m0/s1. The smallest absolute Gasteiger partial charge is 0.325 e. The van der Waals surface area contributed by atoms with Crippen LogP contribution in [0.25, 0.3) is 0 Å². The molecule has 2 N–H and O–H groups in total. The van der Waals surface area contributed by atoms with Crippen LogP contribution in [0.15, 0.2) is 0 Å². The minimum atomic E-state index is -0.851. The molecule has 1 aliphatic heterocycles. The Morgan fingerprint density at radius 1 is 1.26 bits per heavy atom. The predicted molar refractivity (Wildman–Crippen MR) is 77.0 cm³/mol. The van der Waals surface area contributed by atoms with Crippen LogP contribution in [-0.2, 0) is 4.79 Å². The number of rotatable bonds is 6. The van der Waals surface area contributed by atoms with Crippen molar-refractivity contribution in [1.29, 1.82) is 0 Å². The maximum Gasteiger partial charge on any atom is 0.325 e. The fraction of sp³-hybridized carbons (Fsp3) is 0.846. The first-order valence-corrected chi connectivity index (χ1v) is 7.97. The third-order valence-electron chi connectivity index (χ3n) is 3.73. The van der Waals surface area contributed by atoms with Crippen molar-refractivity contribution in [1.82, 2.24) is 10.2 Å². The number of thioether (sulfide) groups is 1. The van der Waals surface area contributed by atoms with Gasteiger partial charge in [0.05, 0.1) is 12.6 Å². The van der Waals surface area contributed by atoms with Gasteiger partial charge in [-0.2, -0.15) is 11.8 Å². The molecular formula is C13H24N2O3S. The first-order valence-electron chi connectivity index (χ1n) is 6.58. The Morgan fingerprint density at radius 2 is 1.79 bits per heavy atom. The van der Waals surface area contributed by atoms with Gasteiger partial charge in [-0.05, 0) is 18.1 Å². The molecule has 1 heterocycles. The number of β-amino-alcohol motifs (C(OH)–C–C–N with tert-alkyl or cyclic N) is 1. The molecule has 5 nitrogen and oxygen atoms in total. The second kappa shape index (κ2) is 6.13. The fourth-order valence-electron chi connectivity index (χ4n) is 2.68. The molecule has 110 valence electrons. The number of amides is 3. The van der Waals surface area contributed by atoms with E-state index >= 15 is 0 Å². The van der Waals surface area contributed by atoms with E-state index in [1.807, 2.05) is 34.0 Å². The van der Waals surface area contributed by atoms with Gasteiger partial charge in [0.1, 0.15) is 5.54 Å². The Morgan fingerprint density at radius 3 is 2.16 bits per heavy atom. The van der Waals surface area contributed by atoms with Gasteiger partial charge in [-0.25, -0.2) is 4.79 Å². The Kier molecular flexibility index (Phi) is 5.26. The van der Waals surface area contributed by atoms with Gasteiger partial charge in [0.25, 0.3) is 5.91 Å². The molecule has 0 unspecified atom stereocenters. The molecule has 1 aliphatic rings. The van der Waals surface area contributed by atoms with Crippen molar-refractivity contribution in [3.63, 3.8) is 0 Å². The molecule has 1 saturated heterocycles. The van der Waals surface area contributed by atoms with E-state index in [1.165, 1.54) is 11.8 Å². The van der Waals surface area contributed by atoms with Gasteiger partial charge in [0.2, 0.25) is 0 Å². The normalized spacial score (nSPS) is 20.3. The number of urea groups is 1. The molecule has 0 saturated carbocycles. The van der Waals surface area contributed by atoms with Crippen molar-refractivity contribution in [3.05, 3.63) is 0 Å². The second-order valence-corrected chi connectivity index (χ2v) is 6.54. The quantitative estimate of drug-likeness (QED) is 0.723. The Hall–Kier alpha value is -0.750. The number of carbonyl (C=O) groups excluding carboxylic acids is 2. The average molecular weight is 288 g/mol. The summed E-state index contributed by atoms with van der Waals surface area (Å²) < 4.78 is 0. The molecule has 0 spiro atoms. The van der Waals surface area contributed by atoms with E-state index in [0.29, 0.717) is 5.75 Å². The molecule has 0 aromatic heterocycles. The van der Waals surface area contributed by atoms with Crippen LogP contribution in [0, 0.1) is 11.8 Å². The minimum absolute atomic E-state index is 0.00615. The third-order valence-corrected chi connectivity index (χ3v) is 4.45. The highest BCUT2D eigenvalue weighted by atomic mass is 32.2. The van der Waals surface area contributed by atoms with Crippen LogP contribution in [0.4, 0.5) is 4.79 Å². The van der Waals surface area contributed by atoms with Crippen molar-refractivity contribution in [2.75, 3.05) is 18.6 Å². The minimum Gasteiger partial charge on any atom is -0.390 e. The largest absolute Gasteiger partial charge is 0.390 e. The molecular weight excluding hydrogens is 264 g/mol. The lowest BCUT2D eigenvalue weighted by Crippen LogP contribution is -2.55. The molecule has 0 bridgehead atoms. The number of hydrogen-bond acceptors (Lipinski definition) is 4. The van der Waals surface area contributed by atoms with E-state index in [1.54, 1.807) is 0 Å². The summed E-state index contributed by atoms with van der Waals surface area (Å²) in [6.45, 7) is 7.78. The topological polar surface area (TPSA) is 69.6 Å². The summed E-state index contributed by atoms with van der Waals surface area (Å²) in [5, 5.41) is 12.6. The molecule has 1 fully saturated rings. The molecule has 19 heavy (non-hydrogen) atoms. The summed E-state index contributed by atoms with van der Waals surface area (Å²) in [5.41, 5.74) is -0.851. The van der Waals surface area contributed by atoms with E-state index in [2.05, 4.69) is 5.32 Å². The van der Waals surface area contributed by atoms with Gasteiger partial charge >= 0.3 is 6.03 Å². The molecule has 3 amide bonds. The third kappa shape index (κ3) is 2.89. The van der Waals surface area contributed by atoms with Gasteiger partial charge in [-0.3, -0.25) is 9.69 Å². The summed E-state index contributed by atoms with van der Waals surface area (Å²) >= 11 is 1.49. The first kappa shape index (κ1) is 16.3. The van der Waals surface area contributed by atoms with Crippen LogP contribution in [0.2, 0.25) is 0 Å². The molecule has 0 aromatic carbocycles. The maximum absolute atomic E-state index is 12.6. The lowest BCUT2D eigenvalue weighted by atomic mass is 9.77. The van der Waals surface area contributed by atoms with E-state index in [9.17, 15) is 14.7 Å². The number of aliphatic hydroxyl groups excluding tert-OH is 1. The van der Waals surface area contributed by atoms with E-state index in [0.717, 1.165) is 4.90 Å². The average Bonchev–Trinajstić information content (AvgIpc) is 2.54. The molecule has 0 aromatic rings. The predicted octanol–water partition coefficient (Wildman–Crippen LogP) is 1.31. The van der Waals surface area contributed by atoms with E-state index < -0.39 is 17.7 Å². The zero-order valence-electron chi connectivity index (χ0n) is 12.3. The van der Waals surface area contributed by atoms with Gasteiger partial charge in [-0.15, -0.1) is 0 Å². The lowest BCUT2D eigenvalue weighted by Gasteiger charge is -2.34. The van der Waals surface area contributed by atoms with Crippen molar-refractivity contribution in [2.24, 2.45) is 11.8 Å². The van der Waals surface area contributed by atoms with Crippen LogP contribution in [0.1, 0.15) is 27.7 Å². The SMILES string of the molecule is CSC[C@@H](O)CN1C(=O)NC(C(C)C)(C(C)C)C1=O. The highest BCUT2D eigenvalue weighted by Crippen LogP contribution is 2.33. The van der Waals surface area contributed by atoms with Crippen LogP contribution >= 0.6 is 11.8 Å². The lowest BCUT2D eigenvalue weighted by molar-refractivity contribution is -0.135. The van der Waals surface area contributed by atoms with E-state index in [4.69, 9.17) is 0 Å². The van der Waals surface area contributed by atoms with Gasteiger partial charge in [0.15, 0.2) is 0 Å². The molecule has 6 heteroatoms. The maximum atomic E-state index is 12.6. The van der Waals surface area contributed by atoms with Gasteiger partial charge in [0, 0.05) is 5.75 Å². The summed E-state index contributed by atoms with van der Waals surface area (Å²) in [6.07, 6.45) is 1.20. The van der Waals surface area contributed by atoms with Crippen LogP contribution < -0.4 is 5.32 Å². The zero-order chi connectivity index (χ0) is 14.8. The van der Waals surface area contributed by atoms with Gasteiger partial charge < -0.3 is 10.4 Å². The molecule has 1 atom stereocenters. The second-order valence-electron chi connectivity index (χ2n) is 5.63. The van der Waals surface area contributed by atoms with Crippen molar-refractivity contribution in [2.45, 2.75) is 39.3 Å². The van der Waals surface area contributed by atoms with E-state index in [-0.39, 0.29) is 24.3 Å². The van der Waals surface area contributed by atoms with Crippen LogP contribution in [0.3, 0.4) is 0 Å². The molecule has 0 aliphatic carbocycles.